The molecule has 0 aliphatic heterocycles. The van der Waals surface area contributed by atoms with Crippen LogP contribution in [0.4, 0.5) is 0 Å². The summed E-state index contributed by atoms with van der Waals surface area (Å²) in [6, 6.07) is 5.16. The minimum Gasteiger partial charge on any atom is -0.462 e. The summed E-state index contributed by atoms with van der Waals surface area (Å²) in [6.07, 6.45) is 1.32. The van der Waals surface area contributed by atoms with Gasteiger partial charge in [0.25, 0.3) is 6.47 Å². The summed E-state index contributed by atoms with van der Waals surface area (Å²) in [5.74, 6) is 0.873. The highest BCUT2D eigenvalue weighted by atomic mass is 16.5. The van der Waals surface area contributed by atoms with Gasteiger partial charge in [-0.3, -0.25) is 4.79 Å². The van der Waals surface area contributed by atoms with Crippen molar-refractivity contribution in [3.8, 4) is 5.75 Å². The molecule has 110 valence electrons. The first-order valence-electron chi connectivity index (χ1n) is 6.51. The molecule has 0 bridgehead atoms. The van der Waals surface area contributed by atoms with E-state index in [0.29, 0.717) is 37.2 Å². The summed E-state index contributed by atoms with van der Waals surface area (Å²) in [4.78, 5) is 29.1. The van der Waals surface area contributed by atoms with Gasteiger partial charge in [0, 0.05) is 18.1 Å². The summed E-state index contributed by atoms with van der Waals surface area (Å²) in [5, 5.41) is 0. The molecule has 0 radical (unpaired) electrons. The number of benzene rings is 1. The molecule has 1 aromatic carbocycles. The number of fused-ring (bicyclic) bond motifs is 1. The number of hydrogen-bond donors (Lipinski definition) is 1. The number of rotatable bonds is 7. The van der Waals surface area contributed by atoms with E-state index in [0.717, 1.165) is 16.9 Å². The Morgan fingerprint density at radius 1 is 1.48 bits per heavy atom. The molecule has 2 aromatic rings. The highest BCUT2D eigenvalue weighted by molar-refractivity contribution is 5.86. The largest absolute Gasteiger partial charge is 0.462 e. The maximum atomic E-state index is 11.2. The number of ether oxygens (including phenoxy) is 2. The lowest BCUT2D eigenvalue weighted by Crippen LogP contribution is -2.07. The standard InChI is InChI=1S/C15H16N2O4/c1-10(2)15(19)20-7-3-4-14-16-12-6-5-11(21-9-18)8-13(12)17-14/h5-6,8-9H,1,3-4,7H2,2H3,(H,16,17). The highest BCUT2D eigenvalue weighted by Crippen LogP contribution is 2.19. The first kappa shape index (κ1) is 14.8. The molecule has 6 heteroatoms. The zero-order chi connectivity index (χ0) is 15.2. The van der Waals surface area contributed by atoms with Crippen LogP contribution in [0.25, 0.3) is 11.0 Å². The van der Waals surface area contributed by atoms with Crippen molar-refractivity contribution in [1.29, 1.82) is 0 Å². The zero-order valence-corrected chi connectivity index (χ0v) is 11.7. The Labute approximate surface area is 121 Å². The second-order valence-corrected chi connectivity index (χ2v) is 4.60. The van der Waals surface area contributed by atoms with Gasteiger partial charge in [-0.25, -0.2) is 9.78 Å². The molecule has 0 amide bonds. The smallest absolute Gasteiger partial charge is 0.333 e. The molecule has 0 aliphatic rings. The van der Waals surface area contributed by atoms with Crippen molar-refractivity contribution in [2.45, 2.75) is 19.8 Å². The van der Waals surface area contributed by atoms with Crippen LogP contribution in [-0.4, -0.2) is 29.0 Å². The third-order valence-corrected chi connectivity index (χ3v) is 2.83. The average Bonchev–Trinajstić information content (AvgIpc) is 2.85. The Kier molecular flexibility index (Phi) is 4.71. The van der Waals surface area contributed by atoms with Gasteiger partial charge in [0.15, 0.2) is 0 Å². The summed E-state index contributed by atoms with van der Waals surface area (Å²) >= 11 is 0. The number of carbonyl (C=O) groups excluding carboxylic acids is 2. The van der Waals surface area contributed by atoms with Gasteiger partial charge < -0.3 is 14.5 Å². The molecule has 6 nitrogen and oxygen atoms in total. The second-order valence-electron chi connectivity index (χ2n) is 4.60. The number of nitrogens with zero attached hydrogens (tertiary/aromatic N) is 1. The number of imidazole rings is 1. The fourth-order valence-electron chi connectivity index (χ4n) is 1.82. The van der Waals surface area contributed by atoms with E-state index in [9.17, 15) is 9.59 Å². The number of aromatic amines is 1. The van der Waals surface area contributed by atoms with Gasteiger partial charge >= 0.3 is 5.97 Å². The fourth-order valence-corrected chi connectivity index (χ4v) is 1.82. The van der Waals surface area contributed by atoms with Crippen LogP contribution in [0.1, 0.15) is 19.2 Å². The molecule has 0 atom stereocenters. The van der Waals surface area contributed by atoms with Gasteiger partial charge in [0.1, 0.15) is 11.6 Å². The Balaban J connectivity index is 1.92. The van der Waals surface area contributed by atoms with Crippen molar-refractivity contribution >= 4 is 23.5 Å². The third kappa shape index (κ3) is 3.92. The van der Waals surface area contributed by atoms with Crippen LogP contribution in [0, 0.1) is 0 Å². The van der Waals surface area contributed by atoms with E-state index in [2.05, 4.69) is 16.5 Å². The van der Waals surface area contributed by atoms with E-state index in [1.807, 2.05) is 0 Å². The van der Waals surface area contributed by atoms with E-state index in [1.54, 1.807) is 25.1 Å². The fraction of sp³-hybridized carbons (Fsp3) is 0.267. The lowest BCUT2D eigenvalue weighted by Gasteiger charge is -2.02. The molecule has 0 saturated carbocycles. The van der Waals surface area contributed by atoms with Crippen molar-refractivity contribution in [2.75, 3.05) is 6.61 Å². The van der Waals surface area contributed by atoms with Crippen LogP contribution < -0.4 is 4.74 Å². The molecule has 1 N–H and O–H groups in total. The number of aryl methyl sites for hydroxylation is 1. The van der Waals surface area contributed by atoms with E-state index in [4.69, 9.17) is 9.47 Å². The lowest BCUT2D eigenvalue weighted by molar-refractivity contribution is -0.139. The highest BCUT2D eigenvalue weighted by Gasteiger charge is 2.06. The molecule has 21 heavy (non-hydrogen) atoms. The van der Waals surface area contributed by atoms with Gasteiger partial charge in [-0.2, -0.15) is 0 Å². The quantitative estimate of drug-likeness (QED) is 0.365. The Hall–Kier alpha value is -2.63. The number of carbonyl (C=O) groups is 2. The number of H-pyrrole nitrogens is 1. The normalized spacial score (nSPS) is 10.3. The van der Waals surface area contributed by atoms with Crippen molar-refractivity contribution in [3.05, 3.63) is 36.2 Å². The minimum atomic E-state index is -0.379. The van der Waals surface area contributed by atoms with Crippen molar-refractivity contribution in [1.82, 2.24) is 9.97 Å². The number of esters is 1. The predicted molar refractivity (Wildman–Crippen MR) is 76.9 cm³/mol. The molecular weight excluding hydrogens is 272 g/mol. The van der Waals surface area contributed by atoms with Crippen molar-refractivity contribution in [3.63, 3.8) is 0 Å². The van der Waals surface area contributed by atoms with Crippen LogP contribution in [0.3, 0.4) is 0 Å². The Morgan fingerprint density at radius 2 is 2.29 bits per heavy atom. The Bertz CT molecular complexity index is 675. The predicted octanol–water partition coefficient (Wildman–Crippen LogP) is 2.15. The summed E-state index contributed by atoms with van der Waals surface area (Å²) < 4.78 is 9.79. The number of aromatic nitrogens is 2. The van der Waals surface area contributed by atoms with E-state index >= 15 is 0 Å². The van der Waals surface area contributed by atoms with Crippen LogP contribution in [0.15, 0.2) is 30.4 Å². The zero-order valence-electron chi connectivity index (χ0n) is 11.7. The van der Waals surface area contributed by atoms with Crippen molar-refractivity contribution in [2.24, 2.45) is 0 Å². The molecule has 1 aromatic heterocycles. The molecule has 0 unspecified atom stereocenters. The summed E-state index contributed by atoms with van der Waals surface area (Å²) in [5.41, 5.74) is 1.98. The van der Waals surface area contributed by atoms with Crippen LogP contribution in [0.5, 0.6) is 5.75 Å². The second kappa shape index (κ2) is 6.69. The first-order chi connectivity index (χ1) is 10.1. The topological polar surface area (TPSA) is 81.3 Å². The maximum Gasteiger partial charge on any atom is 0.333 e. The minimum absolute atomic E-state index is 0.322. The van der Waals surface area contributed by atoms with Crippen LogP contribution in [0.2, 0.25) is 0 Å². The van der Waals surface area contributed by atoms with E-state index in [-0.39, 0.29) is 5.97 Å². The van der Waals surface area contributed by atoms with Crippen molar-refractivity contribution < 1.29 is 19.1 Å². The van der Waals surface area contributed by atoms with Crippen LogP contribution in [-0.2, 0) is 20.7 Å². The van der Waals surface area contributed by atoms with Crippen LogP contribution >= 0.6 is 0 Å². The first-order valence-corrected chi connectivity index (χ1v) is 6.51. The molecule has 2 rings (SSSR count). The third-order valence-electron chi connectivity index (χ3n) is 2.83. The molecule has 0 aliphatic carbocycles. The SMILES string of the molecule is C=C(C)C(=O)OCCCc1nc2ccc(OC=O)cc2[nH]1. The molecule has 0 saturated heterocycles. The number of hydrogen-bond acceptors (Lipinski definition) is 5. The van der Waals surface area contributed by atoms with E-state index < -0.39 is 0 Å². The molecule has 1 heterocycles. The Morgan fingerprint density at radius 3 is 3.00 bits per heavy atom. The van der Waals surface area contributed by atoms with Gasteiger partial charge in [-0.15, -0.1) is 0 Å². The van der Waals surface area contributed by atoms with Gasteiger partial charge in [-0.1, -0.05) is 6.58 Å². The summed E-state index contributed by atoms with van der Waals surface area (Å²) in [7, 11) is 0. The van der Waals surface area contributed by atoms with Gasteiger partial charge in [-0.05, 0) is 25.5 Å². The van der Waals surface area contributed by atoms with Gasteiger partial charge in [0.2, 0.25) is 0 Å². The lowest BCUT2D eigenvalue weighted by atomic mass is 10.3. The monoisotopic (exact) mass is 288 g/mol. The van der Waals surface area contributed by atoms with Gasteiger partial charge in [0.05, 0.1) is 17.6 Å². The maximum absolute atomic E-state index is 11.2. The average molecular weight is 288 g/mol. The molecule has 0 fully saturated rings. The summed E-state index contributed by atoms with van der Waals surface area (Å²) in [6.45, 7) is 5.83. The molecule has 0 spiro atoms. The van der Waals surface area contributed by atoms with E-state index in [1.165, 1.54) is 0 Å². The molecular formula is C15H16N2O4. The number of nitrogens with one attached hydrogen (secondary N) is 1.